The Bertz CT molecular complexity index is 1160. The molecule has 0 saturated carbocycles. The first-order valence-corrected chi connectivity index (χ1v) is 12.3. The van der Waals surface area contributed by atoms with Crippen LogP contribution in [0, 0.1) is 0 Å². The predicted molar refractivity (Wildman–Crippen MR) is 138 cm³/mol. The molecule has 2 aromatic carbocycles. The van der Waals surface area contributed by atoms with Crippen LogP contribution in [0.4, 0.5) is 11.4 Å². The number of rotatable bonds is 11. The second-order valence-corrected chi connectivity index (χ2v) is 9.03. The lowest BCUT2D eigenvalue weighted by Gasteiger charge is -2.32. The highest BCUT2D eigenvalue weighted by molar-refractivity contribution is 9.10. The Morgan fingerprint density at radius 3 is 2.43 bits per heavy atom. The first-order valence-electron chi connectivity index (χ1n) is 11.5. The number of benzene rings is 2. The molecule has 9 heteroatoms. The van der Waals surface area contributed by atoms with Gasteiger partial charge in [-0.15, -0.1) is 0 Å². The van der Waals surface area contributed by atoms with Gasteiger partial charge >= 0.3 is 0 Å². The van der Waals surface area contributed by atoms with Crippen molar-refractivity contribution in [3.05, 3.63) is 64.8 Å². The van der Waals surface area contributed by atoms with Gasteiger partial charge in [-0.25, -0.2) is 0 Å². The highest BCUT2D eigenvalue weighted by Gasteiger charge is 2.30. The molecule has 1 amide bonds. The molecule has 2 atom stereocenters. The first kappa shape index (κ1) is 24.7. The Labute approximate surface area is 212 Å². The zero-order chi connectivity index (χ0) is 24.6. The average Bonchev–Trinajstić information content (AvgIpc) is 3.22. The van der Waals surface area contributed by atoms with Crippen molar-refractivity contribution in [1.82, 2.24) is 10.3 Å². The minimum Gasteiger partial charge on any atom is -0.484 e. The monoisotopic (exact) mass is 538 g/mol. The zero-order valence-electron chi connectivity index (χ0n) is 19.1. The van der Waals surface area contributed by atoms with Crippen molar-refractivity contribution < 1.29 is 19.1 Å². The van der Waals surface area contributed by atoms with E-state index in [2.05, 4.69) is 36.9 Å². The van der Waals surface area contributed by atoms with Gasteiger partial charge in [-0.2, -0.15) is 0 Å². The molecule has 0 aliphatic carbocycles. The third-order valence-corrected chi connectivity index (χ3v) is 6.55. The molecule has 0 radical (unpaired) electrons. The van der Waals surface area contributed by atoms with Crippen molar-refractivity contribution in [3.63, 3.8) is 0 Å². The molecule has 1 aliphatic heterocycles. The fraction of sp³-hybridized carbons (Fsp3) is 0.269. The largest absolute Gasteiger partial charge is 0.484 e. The molecule has 1 aromatic heterocycles. The number of anilines is 2. The van der Waals surface area contributed by atoms with Crippen molar-refractivity contribution in [2.45, 2.75) is 37.9 Å². The summed E-state index contributed by atoms with van der Waals surface area (Å²) in [6, 6.07) is 16.7. The summed E-state index contributed by atoms with van der Waals surface area (Å²) in [5.74, 6) is 0.353. The van der Waals surface area contributed by atoms with Crippen molar-refractivity contribution >= 4 is 45.8 Å². The van der Waals surface area contributed by atoms with E-state index in [0.29, 0.717) is 31.4 Å². The number of para-hydroxylation sites is 1. The third-order valence-electron chi connectivity index (χ3n) is 5.75. The number of aldehydes is 2. The van der Waals surface area contributed by atoms with E-state index < -0.39 is 0 Å². The Hall–Kier alpha value is -3.43. The summed E-state index contributed by atoms with van der Waals surface area (Å²) in [7, 11) is 0. The van der Waals surface area contributed by atoms with Crippen LogP contribution in [-0.4, -0.2) is 36.2 Å². The lowest BCUT2D eigenvalue weighted by atomic mass is 10.0. The van der Waals surface area contributed by atoms with Gasteiger partial charge < -0.3 is 29.9 Å². The quantitative estimate of drug-likeness (QED) is 0.261. The van der Waals surface area contributed by atoms with E-state index in [1.165, 1.54) is 0 Å². The molecule has 2 unspecified atom stereocenters. The van der Waals surface area contributed by atoms with Crippen LogP contribution in [0.3, 0.4) is 0 Å². The van der Waals surface area contributed by atoms with Crippen LogP contribution >= 0.6 is 15.9 Å². The van der Waals surface area contributed by atoms with Crippen LogP contribution in [0.25, 0.3) is 11.3 Å². The van der Waals surface area contributed by atoms with Crippen molar-refractivity contribution in [3.8, 4) is 17.0 Å². The number of amides is 1. The lowest BCUT2D eigenvalue weighted by molar-refractivity contribution is -0.118. The standard InChI is InChI=1S/C26H27BrN4O4/c27-23-24(31-25-20(8-4-14-32)29-21(9-5-15-33)30-26(23)25)17-10-12-19(13-11-17)35-16-22(34)28-18-6-2-1-3-7-18/h1-3,6-7,10-15,20-21,29-31H,4-5,8-9,16H2,(H,28,34). The van der Waals surface area contributed by atoms with E-state index in [9.17, 15) is 14.4 Å². The van der Waals surface area contributed by atoms with Crippen LogP contribution in [0.2, 0.25) is 0 Å². The summed E-state index contributed by atoms with van der Waals surface area (Å²) >= 11 is 3.72. The minimum atomic E-state index is -0.232. The second kappa shape index (κ2) is 11.8. The number of ether oxygens (including phenoxy) is 1. The zero-order valence-corrected chi connectivity index (χ0v) is 20.6. The Kier molecular flexibility index (Phi) is 8.33. The molecule has 8 nitrogen and oxygen atoms in total. The molecule has 4 rings (SSSR count). The maximum Gasteiger partial charge on any atom is 0.262 e. The van der Waals surface area contributed by atoms with Crippen molar-refractivity contribution in [2.75, 3.05) is 17.2 Å². The van der Waals surface area contributed by atoms with Gasteiger partial charge in [0.05, 0.1) is 33.8 Å². The molecule has 0 bridgehead atoms. The van der Waals surface area contributed by atoms with Crippen LogP contribution in [0.15, 0.2) is 59.1 Å². The summed E-state index contributed by atoms with van der Waals surface area (Å²) in [4.78, 5) is 37.4. The number of halogens is 1. The minimum absolute atomic E-state index is 0.0381. The van der Waals surface area contributed by atoms with Gasteiger partial charge in [0.1, 0.15) is 18.3 Å². The van der Waals surface area contributed by atoms with Gasteiger partial charge in [0.2, 0.25) is 0 Å². The van der Waals surface area contributed by atoms with Crippen LogP contribution < -0.4 is 20.7 Å². The molecule has 3 aromatic rings. The molecule has 0 spiro atoms. The van der Waals surface area contributed by atoms with Gasteiger partial charge in [0.25, 0.3) is 5.91 Å². The molecule has 35 heavy (non-hydrogen) atoms. The highest BCUT2D eigenvalue weighted by atomic mass is 79.9. The summed E-state index contributed by atoms with van der Waals surface area (Å²) in [5.41, 5.74) is 4.45. The molecule has 2 heterocycles. The topological polar surface area (TPSA) is 112 Å². The molecular formula is C26H27BrN4O4. The lowest BCUT2D eigenvalue weighted by Crippen LogP contribution is -2.43. The van der Waals surface area contributed by atoms with Gasteiger partial charge in [-0.1, -0.05) is 18.2 Å². The van der Waals surface area contributed by atoms with E-state index in [1.54, 1.807) is 0 Å². The maximum atomic E-state index is 12.1. The van der Waals surface area contributed by atoms with Gasteiger partial charge in [-0.05, 0) is 70.7 Å². The number of carbonyl (C=O) groups excluding carboxylic acids is 3. The predicted octanol–water partition coefficient (Wildman–Crippen LogP) is 4.80. The summed E-state index contributed by atoms with van der Waals surface area (Å²) in [6.45, 7) is -0.0923. The van der Waals surface area contributed by atoms with Gasteiger partial charge in [0, 0.05) is 18.5 Å². The summed E-state index contributed by atoms with van der Waals surface area (Å²) in [6.07, 6.45) is 3.94. The fourth-order valence-corrected chi connectivity index (χ4v) is 4.73. The maximum absolute atomic E-state index is 12.1. The van der Waals surface area contributed by atoms with Crippen molar-refractivity contribution in [2.24, 2.45) is 0 Å². The Morgan fingerprint density at radius 1 is 1.00 bits per heavy atom. The van der Waals surface area contributed by atoms with Crippen LogP contribution in [-0.2, 0) is 14.4 Å². The molecule has 0 fully saturated rings. The number of hydrogen-bond donors (Lipinski definition) is 4. The SMILES string of the molecule is O=CCCC1Nc2c([nH]c(-c3ccc(OCC(=O)Nc4ccccc4)cc3)c2Br)C(CCC=O)N1. The van der Waals surface area contributed by atoms with E-state index in [1.807, 2.05) is 54.6 Å². The first-order chi connectivity index (χ1) is 17.1. The molecule has 0 saturated heterocycles. The number of aromatic amines is 1. The number of hydrogen-bond acceptors (Lipinski definition) is 6. The second-order valence-electron chi connectivity index (χ2n) is 8.23. The van der Waals surface area contributed by atoms with E-state index in [0.717, 1.165) is 45.4 Å². The summed E-state index contributed by atoms with van der Waals surface area (Å²) < 4.78 is 6.52. The van der Waals surface area contributed by atoms with Gasteiger partial charge in [-0.3, -0.25) is 10.1 Å². The van der Waals surface area contributed by atoms with Gasteiger partial charge in [0.15, 0.2) is 6.61 Å². The Balaban J connectivity index is 1.45. The van der Waals surface area contributed by atoms with E-state index in [-0.39, 0.29) is 24.7 Å². The molecule has 4 N–H and O–H groups in total. The summed E-state index contributed by atoms with van der Waals surface area (Å²) in [5, 5.41) is 9.73. The number of nitrogens with one attached hydrogen (secondary N) is 4. The average molecular weight is 539 g/mol. The van der Waals surface area contributed by atoms with E-state index in [4.69, 9.17) is 4.74 Å². The van der Waals surface area contributed by atoms with Crippen molar-refractivity contribution in [1.29, 1.82) is 0 Å². The molecular weight excluding hydrogens is 512 g/mol. The smallest absolute Gasteiger partial charge is 0.262 e. The highest BCUT2D eigenvalue weighted by Crippen LogP contribution is 2.43. The normalized spacial score (nSPS) is 16.6. The number of aromatic nitrogens is 1. The van der Waals surface area contributed by atoms with Crippen LogP contribution in [0.1, 0.15) is 37.4 Å². The number of fused-ring (bicyclic) bond motifs is 1. The molecule has 1 aliphatic rings. The third kappa shape index (κ3) is 6.17. The fourth-order valence-electron chi connectivity index (χ4n) is 4.08. The molecule has 182 valence electrons. The number of H-pyrrole nitrogens is 1. The van der Waals surface area contributed by atoms with Crippen LogP contribution in [0.5, 0.6) is 5.75 Å². The Morgan fingerprint density at radius 2 is 1.71 bits per heavy atom. The van der Waals surface area contributed by atoms with E-state index >= 15 is 0 Å². The number of carbonyl (C=O) groups is 3.